The number of carbonyl (C=O) groups excluding carboxylic acids is 1. The van der Waals surface area contributed by atoms with Crippen molar-refractivity contribution < 1.29 is 9.53 Å². The summed E-state index contributed by atoms with van der Waals surface area (Å²) in [7, 11) is 1.48. The second-order valence-corrected chi connectivity index (χ2v) is 4.16. The molecule has 0 unspecified atom stereocenters. The van der Waals surface area contributed by atoms with Gasteiger partial charge in [-0.1, -0.05) is 12.8 Å². The van der Waals surface area contributed by atoms with E-state index in [2.05, 4.69) is 0 Å². The van der Waals surface area contributed by atoms with Gasteiger partial charge in [-0.25, -0.2) is 4.79 Å². The van der Waals surface area contributed by atoms with Crippen LogP contribution in [0.15, 0.2) is 0 Å². The Kier molecular flexibility index (Phi) is 2.18. The quantitative estimate of drug-likeness (QED) is 0.576. The van der Waals surface area contributed by atoms with Crippen molar-refractivity contribution in [3.05, 3.63) is 0 Å². The molecular formula is C10H17NO2. The van der Waals surface area contributed by atoms with E-state index >= 15 is 0 Å². The van der Waals surface area contributed by atoms with E-state index in [-0.39, 0.29) is 11.6 Å². The van der Waals surface area contributed by atoms with Crippen molar-refractivity contribution in [2.75, 3.05) is 13.7 Å². The molecule has 3 nitrogen and oxygen atoms in total. The van der Waals surface area contributed by atoms with Crippen molar-refractivity contribution in [3.63, 3.8) is 0 Å². The SMILES string of the molecule is COC(=O)N1CCCC12CCCC2. The van der Waals surface area contributed by atoms with Crippen LogP contribution in [0.25, 0.3) is 0 Å². The minimum Gasteiger partial charge on any atom is -0.453 e. The van der Waals surface area contributed by atoms with Gasteiger partial charge in [0.25, 0.3) is 0 Å². The Morgan fingerprint density at radius 1 is 1.23 bits per heavy atom. The largest absolute Gasteiger partial charge is 0.453 e. The number of carbonyl (C=O) groups is 1. The Morgan fingerprint density at radius 3 is 2.46 bits per heavy atom. The van der Waals surface area contributed by atoms with E-state index in [4.69, 9.17) is 4.74 Å². The van der Waals surface area contributed by atoms with Gasteiger partial charge in [-0.3, -0.25) is 0 Å². The van der Waals surface area contributed by atoms with Gasteiger partial charge in [-0.05, 0) is 25.7 Å². The van der Waals surface area contributed by atoms with Crippen LogP contribution in [0.3, 0.4) is 0 Å². The molecule has 2 fully saturated rings. The minimum atomic E-state index is -0.126. The maximum absolute atomic E-state index is 11.5. The first-order chi connectivity index (χ1) is 6.28. The summed E-state index contributed by atoms with van der Waals surface area (Å²) in [6.07, 6.45) is 7.11. The highest BCUT2D eigenvalue weighted by molar-refractivity contribution is 5.69. The van der Waals surface area contributed by atoms with E-state index in [9.17, 15) is 4.79 Å². The Bertz CT molecular complexity index is 203. The number of amides is 1. The summed E-state index contributed by atoms with van der Waals surface area (Å²) in [5, 5.41) is 0. The molecule has 0 atom stereocenters. The first kappa shape index (κ1) is 8.85. The number of hydrogen-bond donors (Lipinski definition) is 0. The number of hydrogen-bond acceptors (Lipinski definition) is 2. The molecule has 1 aliphatic heterocycles. The predicted octanol–water partition coefficient (Wildman–Crippen LogP) is 2.16. The molecule has 1 aliphatic carbocycles. The van der Waals surface area contributed by atoms with Crippen LogP contribution >= 0.6 is 0 Å². The van der Waals surface area contributed by atoms with Crippen molar-refractivity contribution in [2.45, 2.75) is 44.1 Å². The zero-order chi connectivity index (χ0) is 9.31. The number of nitrogens with zero attached hydrogens (tertiary/aromatic N) is 1. The molecule has 0 bridgehead atoms. The lowest BCUT2D eigenvalue weighted by atomic mass is 9.95. The molecule has 0 N–H and O–H groups in total. The summed E-state index contributed by atoms with van der Waals surface area (Å²) < 4.78 is 4.81. The van der Waals surface area contributed by atoms with E-state index in [0.29, 0.717) is 0 Å². The summed E-state index contributed by atoms with van der Waals surface area (Å²) in [6, 6.07) is 0. The molecule has 2 aliphatic rings. The number of rotatable bonds is 0. The van der Waals surface area contributed by atoms with E-state index in [1.54, 1.807) is 0 Å². The van der Waals surface area contributed by atoms with Gasteiger partial charge in [0, 0.05) is 12.1 Å². The smallest absolute Gasteiger partial charge is 0.409 e. The zero-order valence-corrected chi connectivity index (χ0v) is 8.21. The maximum atomic E-state index is 11.5. The van der Waals surface area contributed by atoms with Crippen molar-refractivity contribution in [3.8, 4) is 0 Å². The third-order valence-electron chi connectivity index (χ3n) is 3.53. The zero-order valence-electron chi connectivity index (χ0n) is 8.21. The Labute approximate surface area is 79.0 Å². The summed E-state index contributed by atoms with van der Waals surface area (Å²) in [6.45, 7) is 0.896. The third kappa shape index (κ3) is 1.30. The van der Waals surface area contributed by atoms with Crippen LogP contribution in [-0.4, -0.2) is 30.2 Å². The summed E-state index contributed by atoms with van der Waals surface area (Å²) >= 11 is 0. The van der Waals surface area contributed by atoms with Gasteiger partial charge in [0.05, 0.1) is 7.11 Å². The molecule has 0 aromatic heterocycles. The Balaban J connectivity index is 2.13. The summed E-state index contributed by atoms with van der Waals surface area (Å²) in [5.74, 6) is 0. The van der Waals surface area contributed by atoms with E-state index in [0.717, 1.165) is 13.0 Å². The molecule has 1 heterocycles. The van der Waals surface area contributed by atoms with Gasteiger partial charge < -0.3 is 9.64 Å². The fourth-order valence-electron chi connectivity index (χ4n) is 2.89. The first-order valence-corrected chi connectivity index (χ1v) is 5.14. The molecule has 3 heteroatoms. The second-order valence-electron chi connectivity index (χ2n) is 4.16. The highest BCUT2D eigenvalue weighted by Crippen LogP contribution is 2.43. The molecule has 0 radical (unpaired) electrons. The summed E-state index contributed by atoms with van der Waals surface area (Å²) in [5.41, 5.74) is 0.188. The normalized spacial score (nSPS) is 25.5. The van der Waals surface area contributed by atoms with Crippen molar-refractivity contribution in [2.24, 2.45) is 0 Å². The molecule has 1 amide bonds. The molecule has 1 saturated heterocycles. The lowest BCUT2D eigenvalue weighted by Gasteiger charge is -2.33. The molecule has 0 aromatic rings. The molecule has 2 rings (SSSR count). The molecule has 1 saturated carbocycles. The fourth-order valence-corrected chi connectivity index (χ4v) is 2.89. The molecule has 0 aromatic carbocycles. The standard InChI is InChI=1S/C10H17NO2/c1-13-9(12)11-8-4-7-10(11)5-2-3-6-10/h2-8H2,1H3. The van der Waals surface area contributed by atoms with Gasteiger partial charge in [0.1, 0.15) is 0 Å². The average molecular weight is 183 g/mol. The third-order valence-corrected chi connectivity index (χ3v) is 3.53. The van der Waals surface area contributed by atoms with Gasteiger partial charge >= 0.3 is 6.09 Å². The van der Waals surface area contributed by atoms with Crippen LogP contribution in [-0.2, 0) is 4.74 Å². The van der Waals surface area contributed by atoms with Crippen LogP contribution in [0.2, 0.25) is 0 Å². The van der Waals surface area contributed by atoms with Crippen molar-refractivity contribution in [1.82, 2.24) is 4.90 Å². The maximum Gasteiger partial charge on any atom is 0.409 e. The van der Waals surface area contributed by atoms with Crippen LogP contribution in [0.5, 0.6) is 0 Å². The number of ether oxygens (including phenoxy) is 1. The predicted molar refractivity (Wildman–Crippen MR) is 49.5 cm³/mol. The minimum absolute atomic E-state index is 0.126. The van der Waals surface area contributed by atoms with Gasteiger partial charge in [0.15, 0.2) is 0 Å². The van der Waals surface area contributed by atoms with Gasteiger partial charge in [0.2, 0.25) is 0 Å². The van der Waals surface area contributed by atoms with E-state index in [1.807, 2.05) is 4.90 Å². The number of likely N-dealkylation sites (tertiary alicyclic amines) is 1. The average Bonchev–Trinajstić information content (AvgIpc) is 2.76. The van der Waals surface area contributed by atoms with Crippen LogP contribution in [0, 0.1) is 0 Å². The summed E-state index contributed by atoms with van der Waals surface area (Å²) in [4.78, 5) is 13.4. The topological polar surface area (TPSA) is 29.5 Å². The number of methoxy groups -OCH3 is 1. The van der Waals surface area contributed by atoms with Gasteiger partial charge in [-0.2, -0.15) is 0 Å². The van der Waals surface area contributed by atoms with Crippen LogP contribution < -0.4 is 0 Å². The fraction of sp³-hybridized carbons (Fsp3) is 0.900. The monoisotopic (exact) mass is 183 g/mol. The second kappa shape index (κ2) is 3.20. The van der Waals surface area contributed by atoms with E-state index < -0.39 is 0 Å². The van der Waals surface area contributed by atoms with E-state index in [1.165, 1.54) is 39.2 Å². The van der Waals surface area contributed by atoms with Crippen LogP contribution in [0.4, 0.5) is 4.79 Å². The Hall–Kier alpha value is -0.730. The molecule has 74 valence electrons. The lowest BCUT2D eigenvalue weighted by molar-refractivity contribution is 0.0876. The lowest BCUT2D eigenvalue weighted by Crippen LogP contribution is -2.45. The Morgan fingerprint density at radius 2 is 1.85 bits per heavy atom. The van der Waals surface area contributed by atoms with Crippen molar-refractivity contribution in [1.29, 1.82) is 0 Å². The molecular weight excluding hydrogens is 166 g/mol. The highest BCUT2D eigenvalue weighted by Gasteiger charge is 2.45. The van der Waals surface area contributed by atoms with Crippen LogP contribution in [0.1, 0.15) is 38.5 Å². The first-order valence-electron chi connectivity index (χ1n) is 5.14. The molecule has 13 heavy (non-hydrogen) atoms. The molecule has 1 spiro atoms. The van der Waals surface area contributed by atoms with Crippen molar-refractivity contribution >= 4 is 6.09 Å². The highest BCUT2D eigenvalue weighted by atomic mass is 16.5. The van der Waals surface area contributed by atoms with Gasteiger partial charge in [-0.15, -0.1) is 0 Å².